The number of amides is 2. The third kappa shape index (κ3) is 5.19. The summed E-state index contributed by atoms with van der Waals surface area (Å²) < 4.78 is 18.7. The highest BCUT2D eigenvalue weighted by Gasteiger charge is 2.17. The highest BCUT2D eigenvalue weighted by atomic mass is 19.1. The van der Waals surface area contributed by atoms with Gasteiger partial charge in [0.05, 0.1) is 19.8 Å². The maximum Gasteiger partial charge on any atom is 0.318 e. The van der Waals surface area contributed by atoms with E-state index in [1.807, 2.05) is 30.3 Å². The molecular formula is C19H23FN2O3. The van der Waals surface area contributed by atoms with Crippen LogP contribution in [0.2, 0.25) is 0 Å². The van der Waals surface area contributed by atoms with E-state index in [0.29, 0.717) is 12.1 Å². The molecule has 2 rings (SSSR count). The van der Waals surface area contributed by atoms with Gasteiger partial charge in [-0.3, -0.25) is 0 Å². The lowest BCUT2D eigenvalue weighted by atomic mass is 10.1. The second-order valence-electron chi connectivity index (χ2n) is 5.70. The van der Waals surface area contributed by atoms with Crippen molar-refractivity contribution in [2.75, 3.05) is 20.3 Å². The van der Waals surface area contributed by atoms with Gasteiger partial charge in [0.2, 0.25) is 0 Å². The number of ether oxygens (including phenoxy) is 1. The van der Waals surface area contributed by atoms with Crippen LogP contribution in [0, 0.1) is 5.82 Å². The highest BCUT2D eigenvalue weighted by molar-refractivity contribution is 5.74. The van der Waals surface area contributed by atoms with E-state index in [2.05, 4.69) is 5.32 Å². The molecule has 0 spiro atoms. The molecule has 25 heavy (non-hydrogen) atoms. The Hall–Kier alpha value is -2.60. The van der Waals surface area contributed by atoms with Gasteiger partial charge in [0.15, 0.2) is 11.6 Å². The van der Waals surface area contributed by atoms with Crippen LogP contribution in [0.3, 0.4) is 0 Å². The Morgan fingerprint density at radius 3 is 2.60 bits per heavy atom. The molecule has 0 aromatic heterocycles. The van der Waals surface area contributed by atoms with E-state index in [1.54, 1.807) is 13.0 Å². The van der Waals surface area contributed by atoms with Crippen molar-refractivity contribution in [1.82, 2.24) is 10.2 Å². The normalized spacial score (nSPS) is 11.7. The molecule has 2 aromatic carbocycles. The van der Waals surface area contributed by atoms with Gasteiger partial charge in [0.1, 0.15) is 0 Å². The minimum atomic E-state index is -0.474. The van der Waals surface area contributed by atoms with Crippen LogP contribution in [-0.2, 0) is 6.54 Å². The predicted octanol–water partition coefficient (Wildman–Crippen LogP) is 3.10. The number of halogens is 1. The predicted molar refractivity (Wildman–Crippen MR) is 93.8 cm³/mol. The fraction of sp³-hybridized carbons (Fsp3) is 0.316. The van der Waals surface area contributed by atoms with Crippen molar-refractivity contribution in [3.63, 3.8) is 0 Å². The smallest absolute Gasteiger partial charge is 0.318 e. The van der Waals surface area contributed by atoms with Gasteiger partial charge >= 0.3 is 6.03 Å². The Morgan fingerprint density at radius 1 is 1.28 bits per heavy atom. The highest BCUT2D eigenvalue weighted by Crippen LogP contribution is 2.22. The van der Waals surface area contributed by atoms with Crippen LogP contribution in [0.25, 0.3) is 0 Å². The largest absolute Gasteiger partial charge is 0.494 e. The summed E-state index contributed by atoms with van der Waals surface area (Å²) in [6.07, 6.45) is 0. The molecule has 1 atom stereocenters. The van der Waals surface area contributed by atoms with Gasteiger partial charge < -0.3 is 20.1 Å². The zero-order chi connectivity index (χ0) is 18.2. The Labute approximate surface area is 147 Å². The van der Waals surface area contributed by atoms with Crippen molar-refractivity contribution in [2.24, 2.45) is 0 Å². The number of carbonyl (C=O) groups is 1. The first-order valence-electron chi connectivity index (χ1n) is 8.08. The fourth-order valence-electron chi connectivity index (χ4n) is 2.49. The monoisotopic (exact) mass is 346 g/mol. The molecule has 0 fully saturated rings. The number of aliphatic hydroxyl groups is 1. The molecule has 0 heterocycles. The summed E-state index contributed by atoms with van der Waals surface area (Å²) in [5, 5.41) is 12.1. The molecule has 0 aliphatic carbocycles. The molecule has 2 N–H and O–H groups in total. The van der Waals surface area contributed by atoms with Crippen molar-refractivity contribution < 1.29 is 19.0 Å². The minimum Gasteiger partial charge on any atom is -0.494 e. The number of hydrogen-bond donors (Lipinski definition) is 2. The molecule has 0 aliphatic heterocycles. The van der Waals surface area contributed by atoms with E-state index in [4.69, 9.17) is 4.74 Å². The van der Waals surface area contributed by atoms with Crippen LogP contribution in [0.5, 0.6) is 5.75 Å². The number of rotatable bonds is 7. The fourth-order valence-corrected chi connectivity index (χ4v) is 2.49. The number of nitrogens with one attached hydrogen (secondary N) is 1. The molecule has 1 unspecified atom stereocenters. The average Bonchev–Trinajstić information content (AvgIpc) is 2.62. The van der Waals surface area contributed by atoms with E-state index in [1.165, 1.54) is 24.1 Å². The summed E-state index contributed by atoms with van der Waals surface area (Å²) in [5.74, 6) is -0.314. The second kappa shape index (κ2) is 9.03. The number of benzene rings is 2. The number of urea groups is 1. The molecule has 0 radical (unpaired) electrons. The zero-order valence-corrected chi connectivity index (χ0v) is 14.4. The van der Waals surface area contributed by atoms with E-state index >= 15 is 0 Å². The van der Waals surface area contributed by atoms with Crippen LogP contribution < -0.4 is 10.1 Å². The van der Waals surface area contributed by atoms with E-state index in [9.17, 15) is 14.3 Å². The standard InChI is InChI=1S/C19H23FN2O3/c1-14(16-8-9-18(25-2)17(20)12-16)21-19(24)22(10-11-23)13-15-6-4-3-5-7-15/h3-9,12,14,23H,10-11,13H2,1-2H3,(H,21,24). The van der Waals surface area contributed by atoms with Crippen molar-refractivity contribution in [3.8, 4) is 5.75 Å². The lowest BCUT2D eigenvalue weighted by Gasteiger charge is -2.25. The van der Waals surface area contributed by atoms with E-state index in [0.717, 1.165) is 5.56 Å². The summed E-state index contributed by atoms with van der Waals surface area (Å²) in [7, 11) is 1.40. The van der Waals surface area contributed by atoms with Gasteiger partial charge in [-0.2, -0.15) is 0 Å². The van der Waals surface area contributed by atoms with Crippen molar-refractivity contribution in [2.45, 2.75) is 19.5 Å². The molecule has 6 heteroatoms. The zero-order valence-electron chi connectivity index (χ0n) is 14.4. The number of carbonyl (C=O) groups excluding carboxylic acids is 1. The van der Waals surface area contributed by atoms with Gasteiger partial charge in [-0.15, -0.1) is 0 Å². The van der Waals surface area contributed by atoms with E-state index in [-0.39, 0.29) is 31.0 Å². The van der Waals surface area contributed by atoms with Crippen molar-refractivity contribution >= 4 is 6.03 Å². The van der Waals surface area contributed by atoms with Gasteiger partial charge in [-0.05, 0) is 30.2 Å². The molecule has 134 valence electrons. The average molecular weight is 346 g/mol. The topological polar surface area (TPSA) is 61.8 Å². The summed E-state index contributed by atoms with van der Waals surface area (Å²) in [4.78, 5) is 14.0. The molecule has 2 amide bonds. The molecule has 2 aromatic rings. The molecule has 0 saturated heterocycles. The lowest BCUT2D eigenvalue weighted by Crippen LogP contribution is -2.42. The third-order valence-electron chi connectivity index (χ3n) is 3.89. The number of methoxy groups -OCH3 is 1. The minimum absolute atomic E-state index is 0.133. The summed E-state index contributed by atoms with van der Waals surface area (Å²) in [6, 6.07) is 13.4. The van der Waals surface area contributed by atoms with Gasteiger partial charge in [0, 0.05) is 13.1 Å². The molecule has 5 nitrogen and oxygen atoms in total. The second-order valence-corrected chi connectivity index (χ2v) is 5.70. The van der Waals surface area contributed by atoms with Crippen molar-refractivity contribution in [3.05, 3.63) is 65.5 Å². The van der Waals surface area contributed by atoms with Gasteiger partial charge in [-0.1, -0.05) is 36.4 Å². The number of nitrogens with zero attached hydrogens (tertiary/aromatic N) is 1. The summed E-state index contributed by atoms with van der Waals surface area (Å²) >= 11 is 0. The first-order valence-corrected chi connectivity index (χ1v) is 8.08. The van der Waals surface area contributed by atoms with E-state index < -0.39 is 5.82 Å². The molecule has 0 saturated carbocycles. The molecular weight excluding hydrogens is 323 g/mol. The summed E-state index contributed by atoms with van der Waals surface area (Å²) in [5.41, 5.74) is 1.60. The van der Waals surface area contributed by atoms with Crippen LogP contribution >= 0.6 is 0 Å². The van der Waals surface area contributed by atoms with Crippen molar-refractivity contribution in [1.29, 1.82) is 0 Å². The maximum absolute atomic E-state index is 13.8. The first-order chi connectivity index (χ1) is 12.0. The maximum atomic E-state index is 13.8. The quantitative estimate of drug-likeness (QED) is 0.810. The number of hydrogen-bond acceptors (Lipinski definition) is 3. The molecule has 0 bridgehead atoms. The molecule has 0 aliphatic rings. The van der Waals surface area contributed by atoms with Crippen LogP contribution in [0.1, 0.15) is 24.1 Å². The Kier molecular flexibility index (Phi) is 6.77. The number of aliphatic hydroxyl groups excluding tert-OH is 1. The Balaban J connectivity index is 2.05. The van der Waals surface area contributed by atoms with Gasteiger partial charge in [-0.25, -0.2) is 9.18 Å². The summed E-state index contributed by atoms with van der Waals surface area (Å²) in [6.45, 7) is 2.24. The Bertz CT molecular complexity index is 694. The lowest BCUT2D eigenvalue weighted by molar-refractivity contribution is 0.171. The third-order valence-corrected chi connectivity index (χ3v) is 3.89. The Morgan fingerprint density at radius 2 is 2.00 bits per heavy atom. The first kappa shape index (κ1) is 18.7. The SMILES string of the molecule is COc1ccc(C(C)NC(=O)N(CCO)Cc2ccccc2)cc1F. The van der Waals surface area contributed by atoms with Crippen LogP contribution in [0.4, 0.5) is 9.18 Å². The van der Waals surface area contributed by atoms with Crippen LogP contribution in [0.15, 0.2) is 48.5 Å². The van der Waals surface area contributed by atoms with Crippen LogP contribution in [-0.4, -0.2) is 36.3 Å². The van der Waals surface area contributed by atoms with Gasteiger partial charge in [0.25, 0.3) is 0 Å².